The second-order valence-corrected chi connectivity index (χ2v) is 4.80. The maximum Gasteiger partial charge on any atom is 0.306 e. The molecule has 0 aromatic heterocycles. The van der Waals surface area contributed by atoms with Gasteiger partial charge < -0.3 is 9.07 Å². The van der Waals surface area contributed by atoms with E-state index >= 15 is 0 Å². The van der Waals surface area contributed by atoms with Crippen LogP contribution >= 0.6 is 0 Å². The summed E-state index contributed by atoms with van der Waals surface area (Å²) < 4.78 is 26.9. The molecule has 1 heterocycles. The highest BCUT2D eigenvalue weighted by atomic mass is 32.2. The summed E-state index contributed by atoms with van der Waals surface area (Å²) in [6.45, 7) is 0.299. The molecule has 1 aromatic rings. The standard InChI is InChI=1S/C10H10O5S/c1-16(11,12)15-10-6-2-5-9-8(10)4-3-7-13-14-9/h2-6H,7H2,1H3. The number of hydrogen-bond acceptors (Lipinski definition) is 5. The van der Waals surface area contributed by atoms with Gasteiger partial charge in [0, 0.05) is 0 Å². The molecule has 1 aromatic carbocycles. The van der Waals surface area contributed by atoms with Crippen LogP contribution in [0.15, 0.2) is 24.3 Å². The fourth-order valence-electron chi connectivity index (χ4n) is 1.30. The molecule has 0 spiro atoms. The van der Waals surface area contributed by atoms with Crippen LogP contribution in [0.3, 0.4) is 0 Å². The van der Waals surface area contributed by atoms with Crippen LogP contribution in [0.25, 0.3) is 6.08 Å². The van der Waals surface area contributed by atoms with Crippen molar-refractivity contribution < 1.29 is 22.4 Å². The Morgan fingerprint density at radius 1 is 1.38 bits per heavy atom. The lowest BCUT2D eigenvalue weighted by Gasteiger charge is -2.09. The molecular weight excluding hydrogens is 232 g/mol. The van der Waals surface area contributed by atoms with E-state index in [2.05, 4.69) is 0 Å². The smallest absolute Gasteiger partial charge is 0.306 e. The van der Waals surface area contributed by atoms with Gasteiger partial charge >= 0.3 is 10.1 Å². The van der Waals surface area contributed by atoms with Crippen LogP contribution in [0.5, 0.6) is 11.5 Å². The van der Waals surface area contributed by atoms with Crippen molar-refractivity contribution in [2.45, 2.75) is 0 Å². The van der Waals surface area contributed by atoms with Crippen molar-refractivity contribution in [3.05, 3.63) is 29.8 Å². The van der Waals surface area contributed by atoms with Gasteiger partial charge in [-0.25, -0.2) is 0 Å². The zero-order valence-electron chi connectivity index (χ0n) is 8.54. The van der Waals surface area contributed by atoms with Gasteiger partial charge in [0.2, 0.25) is 0 Å². The van der Waals surface area contributed by atoms with Crippen LogP contribution in [0.4, 0.5) is 0 Å². The first-order valence-corrected chi connectivity index (χ1v) is 6.36. The third-order valence-electron chi connectivity index (χ3n) is 1.86. The van der Waals surface area contributed by atoms with Crippen molar-refractivity contribution in [2.24, 2.45) is 0 Å². The fourth-order valence-corrected chi connectivity index (χ4v) is 1.77. The molecule has 6 heteroatoms. The zero-order chi connectivity index (χ0) is 11.6. The molecule has 1 aliphatic rings. The fraction of sp³-hybridized carbons (Fsp3) is 0.200. The minimum absolute atomic E-state index is 0.224. The zero-order valence-corrected chi connectivity index (χ0v) is 9.36. The lowest BCUT2D eigenvalue weighted by molar-refractivity contribution is -0.194. The molecule has 86 valence electrons. The Balaban J connectivity index is 2.46. The molecular formula is C10H10O5S. The predicted molar refractivity (Wildman–Crippen MR) is 57.5 cm³/mol. The average Bonchev–Trinajstić information content (AvgIpc) is 2.41. The van der Waals surface area contributed by atoms with Gasteiger partial charge in [-0.05, 0) is 18.2 Å². The first-order chi connectivity index (χ1) is 7.56. The maximum atomic E-state index is 11.1. The summed E-state index contributed by atoms with van der Waals surface area (Å²) in [5.41, 5.74) is 0.547. The molecule has 16 heavy (non-hydrogen) atoms. The van der Waals surface area contributed by atoms with E-state index in [1.807, 2.05) is 0 Å². The van der Waals surface area contributed by atoms with Gasteiger partial charge in [0.15, 0.2) is 11.5 Å². The summed E-state index contributed by atoms with van der Waals surface area (Å²) in [6.07, 6.45) is 4.40. The minimum Gasteiger partial charge on any atom is -0.382 e. The van der Waals surface area contributed by atoms with Crippen molar-refractivity contribution in [1.82, 2.24) is 0 Å². The maximum absolute atomic E-state index is 11.1. The Bertz CT molecular complexity index is 518. The van der Waals surface area contributed by atoms with E-state index in [0.717, 1.165) is 6.26 Å². The highest BCUT2D eigenvalue weighted by molar-refractivity contribution is 7.86. The summed E-state index contributed by atoms with van der Waals surface area (Å²) in [5.74, 6) is 0.650. The lowest BCUT2D eigenvalue weighted by Crippen LogP contribution is -2.07. The molecule has 0 fully saturated rings. The molecule has 0 saturated carbocycles. The largest absolute Gasteiger partial charge is 0.382 e. The number of rotatable bonds is 2. The quantitative estimate of drug-likeness (QED) is 0.579. The Morgan fingerprint density at radius 2 is 2.19 bits per heavy atom. The van der Waals surface area contributed by atoms with Crippen molar-refractivity contribution >= 4 is 16.2 Å². The second kappa shape index (κ2) is 4.15. The average molecular weight is 242 g/mol. The van der Waals surface area contributed by atoms with Crippen LogP contribution in [-0.4, -0.2) is 21.3 Å². The van der Waals surface area contributed by atoms with E-state index in [9.17, 15) is 8.42 Å². The van der Waals surface area contributed by atoms with Crippen LogP contribution in [0, 0.1) is 0 Å². The molecule has 0 radical (unpaired) electrons. The third-order valence-corrected chi connectivity index (χ3v) is 2.35. The first kappa shape index (κ1) is 11.0. The van der Waals surface area contributed by atoms with E-state index in [1.165, 1.54) is 0 Å². The van der Waals surface area contributed by atoms with Crippen molar-refractivity contribution in [1.29, 1.82) is 0 Å². The highest BCUT2D eigenvalue weighted by Crippen LogP contribution is 2.32. The van der Waals surface area contributed by atoms with E-state index < -0.39 is 10.1 Å². The monoisotopic (exact) mass is 242 g/mol. The third kappa shape index (κ3) is 2.53. The SMILES string of the molecule is CS(=O)(=O)Oc1cccc2c1C=CCOO2. The molecule has 0 unspecified atom stereocenters. The van der Waals surface area contributed by atoms with Gasteiger partial charge in [-0.2, -0.15) is 13.3 Å². The van der Waals surface area contributed by atoms with Crippen LogP contribution in [0.1, 0.15) is 5.56 Å². The van der Waals surface area contributed by atoms with Gasteiger partial charge in [-0.1, -0.05) is 12.1 Å². The van der Waals surface area contributed by atoms with Gasteiger partial charge in [0.25, 0.3) is 0 Å². The van der Waals surface area contributed by atoms with Crippen LogP contribution < -0.4 is 9.07 Å². The second-order valence-electron chi connectivity index (χ2n) is 3.23. The molecule has 0 amide bonds. The summed E-state index contributed by atoms with van der Waals surface area (Å²) in [5, 5.41) is 0. The van der Waals surface area contributed by atoms with E-state index in [1.54, 1.807) is 30.4 Å². The van der Waals surface area contributed by atoms with Crippen LogP contribution in [-0.2, 0) is 15.0 Å². The summed E-state index contributed by atoms with van der Waals surface area (Å²) in [7, 11) is -3.55. The Kier molecular flexibility index (Phi) is 2.84. The minimum atomic E-state index is -3.55. The van der Waals surface area contributed by atoms with Gasteiger partial charge in [-0.3, -0.25) is 0 Å². The van der Waals surface area contributed by atoms with Crippen molar-refractivity contribution in [3.8, 4) is 11.5 Å². The summed E-state index contributed by atoms with van der Waals surface area (Å²) >= 11 is 0. The predicted octanol–water partition coefficient (Wildman–Crippen LogP) is 1.36. The van der Waals surface area contributed by atoms with E-state index in [4.69, 9.17) is 14.0 Å². The van der Waals surface area contributed by atoms with Crippen molar-refractivity contribution in [3.63, 3.8) is 0 Å². The lowest BCUT2D eigenvalue weighted by atomic mass is 10.1. The molecule has 0 saturated heterocycles. The normalized spacial score (nSPS) is 14.8. The van der Waals surface area contributed by atoms with E-state index in [-0.39, 0.29) is 5.75 Å². The Hall–Kier alpha value is -1.53. The van der Waals surface area contributed by atoms with Gasteiger partial charge in [0.05, 0.1) is 11.8 Å². The Morgan fingerprint density at radius 3 is 2.94 bits per heavy atom. The molecule has 0 aliphatic carbocycles. The molecule has 5 nitrogen and oxygen atoms in total. The number of fused-ring (bicyclic) bond motifs is 1. The molecule has 1 aliphatic heterocycles. The van der Waals surface area contributed by atoms with Gasteiger partial charge in [0.1, 0.15) is 6.61 Å². The van der Waals surface area contributed by atoms with E-state index in [0.29, 0.717) is 17.9 Å². The molecule has 2 rings (SSSR count). The van der Waals surface area contributed by atoms with Crippen LogP contribution in [0.2, 0.25) is 0 Å². The van der Waals surface area contributed by atoms with Crippen molar-refractivity contribution in [2.75, 3.05) is 12.9 Å². The molecule has 0 N–H and O–H groups in total. The summed E-state index contributed by atoms with van der Waals surface area (Å²) in [4.78, 5) is 9.78. The Labute approximate surface area is 93.3 Å². The number of hydrogen-bond donors (Lipinski definition) is 0. The topological polar surface area (TPSA) is 61.8 Å². The number of benzene rings is 1. The molecule has 0 atom stereocenters. The van der Waals surface area contributed by atoms with Gasteiger partial charge in [-0.15, -0.1) is 0 Å². The summed E-state index contributed by atoms with van der Waals surface area (Å²) in [6, 6.07) is 4.85. The molecule has 0 bridgehead atoms. The first-order valence-electron chi connectivity index (χ1n) is 4.55. The highest BCUT2D eigenvalue weighted by Gasteiger charge is 2.14.